The van der Waals surface area contributed by atoms with E-state index in [1.54, 1.807) is 6.20 Å². The number of hydrogen-bond acceptors (Lipinski definition) is 6. The first-order valence-electron chi connectivity index (χ1n) is 8.83. The third-order valence-electron chi connectivity index (χ3n) is 4.08. The molecule has 136 valence electrons. The van der Waals surface area contributed by atoms with Crippen molar-refractivity contribution in [2.75, 3.05) is 5.32 Å². The lowest BCUT2D eigenvalue weighted by molar-refractivity contribution is 0.419. The van der Waals surface area contributed by atoms with Crippen LogP contribution in [0.2, 0.25) is 0 Å². The average Bonchev–Trinajstić information content (AvgIpc) is 3.37. The second-order valence-corrected chi connectivity index (χ2v) is 6.48. The molecule has 1 N–H and O–H groups in total. The molecule has 0 aliphatic carbocycles. The van der Waals surface area contributed by atoms with Gasteiger partial charge in [-0.1, -0.05) is 37.2 Å². The van der Waals surface area contributed by atoms with Crippen LogP contribution in [-0.4, -0.2) is 24.9 Å². The molecular weight excluding hydrogens is 340 g/mol. The van der Waals surface area contributed by atoms with E-state index in [0.717, 1.165) is 22.8 Å². The Labute approximate surface area is 157 Å². The average molecular weight is 360 g/mol. The minimum Gasteiger partial charge on any atom is -0.364 e. The lowest BCUT2D eigenvalue weighted by Gasteiger charge is -2.04. The second-order valence-electron chi connectivity index (χ2n) is 6.48. The summed E-state index contributed by atoms with van der Waals surface area (Å²) in [6.45, 7) is 4.63. The van der Waals surface area contributed by atoms with Crippen LogP contribution in [0.3, 0.4) is 0 Å². The minimum atomic E-state index is 0.224. The molecular formula is C20H20N6O. The van der Waals surface area contributed by atoms with Gasteiger partial charge >= 0.3 is 0 Å². The first-order chi connectivity index (χ1) is 13.2. The van der Waals surface area contributed by atoms with E-state index in [-0.39, 0.29) is 5.92 Å². The van der Waals surface area contributed by atoms with Crippen LogP contribution in [0, 0.1) is 0 Å². The number of anilines is 1. The van der Waals surface area contributed by atoms with Crippen LogP contribution in [-0.2, 0) is 6.54 Å². The fourth-order valence-corrected chi connectivity index (χ4v) is 2.61. The van der Waals surface area contributed by atoms with Gasteiger partial charge in [-0.2, -0.15) is 10.1 Å². The standard InChI is InChI=1S/C20H20N6O/c1-14(2)19-23-20(27-25-19)15-8-10-21-18(12-15)22-13-16-9-11-26(24-16)17-6-4-3-5-7-17/h3-12,14H,13H2,1-2H3,(H,21,22). The van der Waals surface area contributed by atoms with Gasteiger partial charge in [0.05, 0.1) is 17.9 Å². The van der Waals surface area contributed by atoms with Crippen LogP contribution < -0.4 is 5.32 Å². The summed E-state index contributed by atoms with van der Waals surface area (Å²) < 4.78 is 7.20. The van der Waals surface area contributed by atoms with E-state index in [9.17, 15) is 0 Å². The van der Waals surface area contributed by atoms with Crippen molar-refractivity contribution in [3.8, 4) is 17.1 Å². The van der Waals surface area contributed by atoms with Crippen LogP contribution in [0.25, 0.3) is 17.1 Å². The SMILES string of the molecule is CC(C)c1noc(-c2ccnc(NCc3ccn(-c4ccccc4)n3)c2)n1. The Hall–Kier alpha value is -3.48. The zero-order valence-electron chi connectivity index (χ0n) is 15.2. The fraction of sp³-hybridized carbons (Fsp3) is 0.200. The number of hydrogen-bond donors (Lipinski definition) is 1. The van der Waals surface area contributed by atoms with Crippen LogP contribution >= 0.6 is 0 Å². The van der Waals surface area contributed by atoms with Crippen molar-refractivity contribution in [2.24, 2.45) is 0 Å². The van der Waals surface area contributed by atoms with E-state index in [4.69, 9.17) is 4.52 Å². The normalized spacial score (nSPS) is 11.1. The Kier molecular flexibility index (Phi) is 4.65. The molecule has 0 unspecified atom stereocenters. The Bertz CT molecular complexity index is 1020. The number of para-hydroxylation sites is 1. The van der Waals surface area contributed by atoms with E-state index >= 15 is 0 Å². The van der Waals surface area contributed by atoms with Gasteiger partial charge in [-0.05, 0) is 30.3 Å². The summed E-state index contributed by atoms with van der Waals surface area (Å²) in [5.41, 5.74) is 2.79. The summed E-state index contributed by atoms with van der Waals surface area (Å²) in [6.07, 6.45) is 3.67. The zero-order chi connectivity index (χ0) is 18.6. The molecule has 0 fully saturated rings. The van der Waals surface area contributed by atoms with Crippen molar-refractivity contribution in [2.45, 2.75) is 26.3 Å². The molecule has 0 bridgehead atoms. The van der Waals surface area contributed by atoms with Gasteiger partial charge in [-0.3, -0.25) is 0 Å². The first kappa shape index (κ1) is 17.0. The van der Waals surface area contributed by atoms with Crippen molar-refractivity contribution in [1.82, 2.24) is 24.9 Å². The molecule has 3 aromatic heterocycles. The Balaban J connectivity index is 1.45. The number of nitrogens with one attached hydrogen (secondary N) is 1. The van der Waals surface area contributed by atoms with Gasteiger partial charge in [0, 0.05) is 23.9 Å². The molecule has 0 aliphatic rings. The Morgan fingerprint density at radius 3 is 2.74 bits per heavy atom. The van der Waals surface area contributed by atoms with Gasteiger partial charge in [-0.25, -0.2) is 9.67 Å². The molecule has 0 atom stereocenters. The van der Waals surface area contributed by atoms with E-state index in [1.165, 1.54) is 0 Å². The maximum Gasteiger partial charge on any atom is 0.258 e. The largest absolute Gasteiger partial charge is 0.364 e. The molecule has 4 rings (SSSR count). The number of rotatable bonds is 6. The van der Waals surface area contributed by atoms with Gasteiger partial charge in [0.15, 0.2) is 5.82 Å². The van der Waals surface area contributed by atoms with Gasteiger partial charge in [0.2, 0.25) is 0 Å². The van der Waals surface area contributed by atoms with E-state index in [2.05, 4.69) is 25.5 Å². The molecule has 0 saturated carbocycles. The quantitative estimate of drug-likeness (QED) is 0.558. The maximum absolute atomic E-state index is 5.35. The van der Waals surface area contributed by atoms with Crippen LogP contribution in [0.5, 0.6) is 0 Å². The monoisotopic (exact) mass is 360 g/mol. The highest BCUT2D eigenvalue weighted by Crippen LogP contribution is 2.21. The number of benzene rings is 1. The molecule has 4 aromatic rings. The molecule has 27 heavy (non-hydrogen) atoms. The highest BCUT2D eigenvalue weighted by molar-refractivity contribution is 5.57. The highest BCUT2D eigenvalue weighted by Gasteiger charge is 2.12. The molecule has 0 spiro atoms. The lowest BCUT2D eigenvalue weighted by Crippen LogP contribution is -2.03. The number of nitrogens with zero attached hydrogens (tertiary/aromatic N) is 5. The van der Waals surface area contributed by atoms with Crippen LogP contribution in [0.1, 0.15) is 31.3 Å². The molecule has 7 nitrogen and oxygen atoms in total. The van der Waals surface area contributed by atoms with Gasteiger partial charge < -0.3 is 9.84 Å². The van der Waals surface area contributed by atoms with E-state index in [1.807, 2.05) is 73.3 Å². The second kappa shape index (κ2) is 7.41. The molecule has 0 radical (unpaired) electrons. The molecule has 3 heterocycles. The Morgan fingerprint density at radius 2 is 1.96 bits per heavy atom. The minimum absolute atomic E-state index is 0.224. The fourth-order valence-electron chi connectivity index (χ4n) is 2.61. The van der Waals surface area contributed by atoms with E-state index < -0.39 is 0 Å². The van der Waals surface area contributed by atoms with Crippen LogP contribution in [0.15, 0.2) is 65.4 Å². The summed E-state index contributed by atoms with van der Waals surface area (Å²) in [7, 11) is 0. The van der Waals surface area contributed by atoms with Gasteiger partial charge in [-0.15, -0.1) is 0 Å². The third kappa shape index (κ3) is 3.87. The molecule has 0 aliphatic heterocycles. The predicted octanol–water partition coefficient (Wildman–Crippen LogP) is 4.05. The van der Waals surface area contributed by atoms with E-state index in [0.29, 0.717) is 18.3 Å². The highest BCUT2D eigenvalue weighted by atomic mass is 16.5. The summed E-state index contributed by atoms with van der Waals surface area (Å²) in [5, 5.41) is 11.9. The molecule has 1 aromatic carbocycles. The molecule has 0 saturated heterocycles. The Morgan fingerprint density at radius 1 is 1.11 bits per heavy atom. The topological polar surface area (TPSA) is 81.7 Å². The zero-order valence-corrected chi connectivity index (χ0v) is 15.2. The summed E-state index contributed by atoms with van der Waals surface area (Å²) >= 11 is 0. The van der Waals surface area contributed by atoms with Gasteiger partial charge in [0.25, 0.3) is 5.89 Å². The maximum atomic E-state index is 5.35. The van der Waals surface area contributed by atoms with Crippen molar-refractivity contribution in [3.63, 3.8) is 0 Å². The summed E-state index contributed by atoms with van der Waals surface area (Å²) in [5.74, 6) is 2.15. The smallest absolute Gasteiger partial charge is 0.258 e. The number of pyridine rings is 1. The first-order valence-corrected chi connectivity index (χ1v) is 8.83. The van der Waals surface area contributed by atoms with Crippen molar-refractivity contribution >= 4 is 5.82 Å². The molecule has 7 heteroatoms. The molecule has 0 amide bonds. The van der Waals surface area contributed by atoms with Crippen molar-refractivity contribution in [3.05, 3.63) is 72.4 Å². The predicted molar refractivity (Wildman–Crippen MR) is 103 cm³/mol. The number of aromatic nitrogens is 5. The van der Waals surface area contributed by atoms with Crippen molar-refractivity contribution in [1.29, 1.82) is 0 Å². The van der Waals surface area contributed by atoms with Crippen molar-refractivity contribution < 1.29 is 4.52 Å². The van der Waals surface area contributed by atoms with Gasteiger partial charge in [0.1, 0.15) is 5.82 Å². The van der Waals surface area contributed by atoms with Crippen LogP contribution in [0.4, 0.5) is 5.82 Å². The summed E-state index contributed by atoms with van der Waals surface area (Å²) in [4.78, 5) is 8.78. The lowest BCUT2D eigenvalue weighted by atomic mass is 10.2. The summed E-state index contributed by atoms with van der Waals surface area (Å²) in [6, 6.07) is 15.7. The third-order valence-corrected chi connectivity index (χ3v) is 4.08.